The summed E-state index contributed by atoms with van der Waals surface area (Å²) in [6.07, 6.45) is 4.41. The molecular weight excluding hydrogens is 358 g/mol. The molecule has 3 rings (SSSR count). The molecule has 2 aromatic rings. The van der Waals surface area contributed by atoms with Gasteiger partial charge in [0.25, 0.3) is 5.91 Å². The van der Waals surface area contributed by atoms with Crippen molar-refractivity contribution in [1.82, 2.24) is 15.6 Å². The lowest BCUT2D eigenvalue weighted by molar-refractivity contribution is 0.0949. The van der Waals surface area contributed by atoms with Gasteiger partial charge in [-0.15, -0.1) is 0 Å². The van der Waals surface area contributed by atoms with Crippen molar-refractivity contribution >= 4 is 21.8 Å². The molecule has 6 heteroatoms. The van der Waals surface area contributed by atoms with Crippen molar-refractivity contribution in [2.45, 2.75) is 25.2 Å². The summed E-state index contributed by atoms with van der Waals surface area (Å²) in [5.41, 5.74) is 1.55. The Morgan fingerprint density at radius 1 is 1.39 bits per heavy atom. The van der Waals surface area contributed by atoms with E-state index >= 15 is 0 Å². The molecule has 1 amide bonds. The summed E-state index contributed by atoms with van der Waals surface area (Å²) in [6, 6.07) is 8.08. The zero-order valence-corrected chi connectivity index (χ0v) is 14.4. The van der Waals surface area contributed by atoms with Gasteiger partial charge in [0.1, 0.15) is 6.26 Å². The number of amides is 1. The minimum atomic E-state index is -0.180. The summed E-state index contributed by atoms with van der Waals surface area (Å²) >= 11 is 3.41. The number of hydrogen-bond donors (Lipinski definition) is 2. The molecule has 0 saturated carbocycles. The fraction of sp³-hybridized carbons (Fsp3) is 0.412. The summed E-state index contributed by atoms with van der Waals surface area (Å²) in [5.74, 6) is 0.754. The van der Waals surface area contributed by atoms with E-state index in [0.717, 1.165) is 36.8 Å². The molecule has 23 heavy (non-hydrogen) atoms. The highest BCUT2D eigenvalue weighted by Gasteiger charge is 2.21. The Morgan fingerprint density at radius 2 is 2.22 bits per heavy atom. The highest BCUT2D eigenvalue weighted by Crippen LogP contribution is 2.22. The van der Waals surface area contributed by atoms with Gasteiger partial charge in [-0.1, -0.05) is 28.1 Å². The van der Waals surface area contributed by atoms with E-state index in [1.807, 2.05) is 24.3 Å². The van der Waals surface area contributed by atoms with E-state index in [9.17, 15) is 4.79 Å². The number of piperidine rings is 1. The third-order valence-corrected chi connectivity index (χ3v) is 4.54. The van der Waals surface area contributed by atoms with Crippen molar-refractivity contribution in [3.8, 4) is 0 Å². The minimum absolute atomic E-state index is 0.180. The van der Waals surface area contributed by atoms with E-state index in [1.165, 1.54) is 11.8 Å². The second kappa shape index (κ2) is 7.75. The Morgan fingerprint density at radius 3 is 2.96 bits per heavy atom. The predicted octanol–water partition coefficient (Wildman–Crippen LogP) is 2.88. The average molecular weight is 378 g/mol. The van der Waals surface area contributed by atoms with Gasteiger partial charge in [-0.05, 0) is 43.5 Å². The van der Waals surface area contributed by atoms with Crippen LogP contribution in [0.3, 0.4) is 0 Å². The van der Waals surface area contributed by atoms with E-state index in [-0.39, 0.29) is 11.8 Å². The van der Waals surface area contributed by atoms with Crippen LogP contribution in [-0.4, -0.2) is 30.5 Å². The van der Waals surface area contributed by atoms with Crippen LogP contribution in [0.2, 0.25) is 0 Å². The fourth-order valence-electron chi connectivity index (χ4n) is 2.70. The van der Waals surface area contributed by atoms with Crippen molar-refractivity contribution in [2.75, 3.05) is 19.6 Å². The van der Waals surface area contributed by atoms with Crippen molar-refractivity contribution < 1.29 is 9.21 Å². The van der Waals surface area contributed by atoms with Crippen LogP contribution in [0.1, 0.15) is 40.7 Å². The Hall–Kier alpha value is -1.66. The van der Waals surface area contributed by atoms with Crippen LogP contribution < -0.4 is 10.6 Å². The number of rotatable bonds is 5. The average Bonchev–Trinajstić information content (AvgIpc) is 3.07. The standard InChI is InChI=1S/C17H20BrN3O2/c18-14-5-3-12(4-6-14)7-9-20-16(22)15-11-23-17(21-15)13-2-1-8-19-10-13/h3-6,11,13,19H,1-2,7-10H2,(H,20,22). The summed E-state index contributed by atoms with van der Waals surface area (Å²) in [4.78, 5) is 16.5. The molecule has 122 valence electrons. The molecule has 0 radical (unpaired) electrons. The lowest BCUT2D eigenvalue weighted by Gasteiger charge is -2.19. The normalized spacial score (nSPS) is 17.9. The number of nitrogens with one attached hydrogen (secondary N) is 2. The van der Waals surface area contributed by atoms with Crippen LogP contribution in [0.5, 0.6) is 0 Å². The van der Waals surface area contributed by atoms with Gasteiger partial charge >= 0.3 is 0 Å². The number of carbonyl (C=O) groups is 1. The Kier molecular flexibility index (Phi) is 5.46. The Bertz CT molecular complexity index is 648. The number of hydrogen-bond acceptors (Lipinski definition) is 4. The number of aromatic nitrogens is 1. The van der Waals surface area contributed by atoms with Crippen LogP contribution in [0.15, 0.2) is 39.4 Å². The lowest BCUT2D eigenvalue weighted by atomic mass is 10.00. The summed E-state index contributed by atoms with van der Waals surface area (Å²) in [7, 11) is 0. The second-order valence-corrected chi connectivity index (χ2v) is 6.66. The van der Waals surface area contributed by atoms with Crippen LogP contribution in [-0.2, 0) is 6.42 Å². The maximum absolute atomic E-state index is 12.1. The summed E-state index contributed by atoms with van der Waals surface area (Å²) in [6.45, 7) is 2.49. The van der Waals surface area contributed by atoms with Crippen molar-refractivity contribution in [3.63, 3.8) is 0 Å². The Labute approximate surface area is 144 Å². The third-order valence-electron chi connectivity index (χ3n) is 4.01. The molecule has 0 aliphatic carbocycles. The number of nitrogens with zero attached hydrogens (tertiary/aromatic N) is 1. The lowest BCUT2D eigenvalue weighted by Crippen LogP contribution is -2.29. The van der Waals surface area contributed by atoms with E-state index in [1.54, 1.807) is 0 Å². The predicted molar refractivity (Wildman–Crippen MR) is 91.5 cm³/mol. The van der Waals surface area contributed by atoms with Gasteiger partial charge in [-0.25, -0.2) is 4.98 Å². The van der Waals surface area contributed by atoms with Gasteiger partial charge < -0.3 is 15.1 Å². The quantitative estimate of drug-likeness (QED) is 0.840. The first-order valence-corrected chi connectivity index (χ1v) is 8.70. The number of benzene rings is 1. The maximum atomic E-state index is 12.1. The number of carbonyl (C=O) groups excluding carboxylic acids is 1. The van der Waals surface area contributed by atoms with E-state index in [2.05, 4.69) is 31.5 Å². The maximum Gasteiger partial charge on any atom is 0.273 e. The molecule has 1 atom stereocenters. The first-order valence-electron chi connectivity index (χ1n) is 7.91. The fourth-order valence-corrected chi connectivity index (χ4v) is 2.97. The molecule has 0 bridgehead atoms. The summed E-state index contributed by atoms with van der Waals surface area (Å²) in [5, 5.41) is 6.21. The molecule has 1 saturated heterocycles. The smallest absolute Gasteiger partial charge is 0.273 e. The van der Waals surface area contributed by atoms with Crippen LogP contribution in [0, 0.1) is 0 Å². The summed E-state index contributed by atoms with van der Waals surface area (Å²) < 4.78 is 6.54. The minimum Gasteiger partial charge on any atom is -0.448 e. The first kappa shape index (κ1) is 16.2. The van der Waals surface area contributed by atoms with Crippen molar-refractivity contribution in [2.24, 2.45) is 0 Å². The zero-order valence-electron chi connectivity index (χ0n) is 12.8. The van der Waals surface area contributed by atoms with Gasteiger partial charge in [0.2, 0.25) is 0 Å². The van der Waals surface area contributed by atoms with Crippen LogP contribution in [0.4, 0.5) is 0 Å². The van der Waals surface area contributed by atoms with Gasteiger partial charge in [0.05, 0.1) is 0 Å². The van der Waals surface area contributed by atoms with Gasteiger partial charge in [-0.2, -0.15) is 0 Å². The first-order chi connectivity index (χ1) is 11.2. The monoisotopic (exact) mass is 377 g/mol. The highest BCUT2D eigenvalue weighted by atomic mass is 79.9. The molecule has 1 fully saturated rings. The van der Waals surface area contributed by atoms with E-state index in [0.29, 0.717) is 18.1 Å². The molecule has 0 spiro atoms. The molecule has 1 aliphatic rings. The molecule has 2 N–H and O–H groups in total. The van der Waals surface area contributed by atoms with E-state index < -0.39 is 0 Å². The largest absolute Gasteiger partial charge is 0.448 e. The molecule has 1 unspecified atom stereocenters. The molecular formula is C17H20BrN3O2. The topological polar surface area (TPSA) is 67.2 Å². The second-order valence-electron chi connectivity index (χ2n) is 5.75. The zero-order chi connectivity index (χ0) is 16.1. The van der Waals surface area contributed by atoms with Crippen LogP contribution >= 0.6 is 15.9 Å². The van der Waals surface area contributed by atoms with Crippen molar-refractivity contribution in [3.05, 3.63) is 52.1 Å². The molecule has 1 aliphatic heterocycles. The van der Waals surface area contributed by atoms with E-state index in [4.69, 9.17) is 4.42 Å². The SMILES string of the molecule is O=C(NCCc1ccc(Br)cc1)c1coc(C2CCCNC2)n1. The van der Waals surface area contributed by atoms with Gasteiger partial charge in [0.15, 0.2) is 11.6 Å². The number of oxazole rings is 1. The molecule has 5 nitrogen and oxygen atoms in total. The van der Waals surface area contributed by atoms with Gasteiger partial charge in [-0.3, -0.25) is 4.79 Å². The molecule has 2 heterocycles. The van der Waals surface area contributed by atoms with Crippen molar-refractivity contribution in [1.29, 1.82) is 0 Å². The van der Waals surface area contributed by atoms with Gasteiger partial charge in [0, 0.05) is 23.5 Å². The third kappa shape index (κ3) is 4.42. The molecule has 1 aromatic heterocycles. The van der Waals surface area contributed by atoms with Crippen LogP contribution in [0.25, 0.3) is 0 Å². The number of halogens is 1. The Balaban J connectivity index is 1.50. The highest BCUT2D eigenvalue weighted by molar-refractivity contribution is 9.10. The molecule has 1 aromatic carbocycles.